The molecule has 0 N–H and O–H groups in total. The molecule has 8 heteroatoms. The summed E-state index contributed by atoms with van der Waals surface area (Å²) in [6, 6.07) is 3.13. The lowest BCUT2D eigenvalue weighted by atomic mass is 10.2. The maximum Gasteiger partial charge on any atom is 0.416 e. The number of rotatable bonds is 4. The molecular formula is C10H9F3O4S. The Bertz CT molecular complexity index is 517. The van der Waals surface area contributed by atoms with Crippen LogP contribution in [-0.4, -0.2) is 27.7 Å². The van der Waals surface area contributed by atoms with Gasteiger partial charge in [0.05, 0.1) is 23.7 Å². The lowest BCUT2D eigenvalue weighted by Gasteiger charge is -2.08. The van der Waals surface area contributed by atoms with Gasteiger partial charge in [0.15, 0.2) is 0 Å². The second-order valence-electron chi connectivity index (χ2n) is 3.72. The van der Waals surface area contributed by atoms with Gasteiger partial charge in [-0.3, -0.25) is 4.18 Å². The zero-order valence-electron chi connectivity index (χ0n) is 8.98. The van der Waals surface area contributed by atoms with Gasteiger partial charge in [-0.25, -0.2) is 0 Å². The van der Waals surface area contributed by atoms with Gasteiger partial charge in [0.1, 0.15) is 6.10 Å². The van der Waals surface area contributed by atoms with Crippen LogP contribution < -0.4 is 0 Å². The molecule has 1 aliphatic rings. The van der Waals surface area contributed by atoms with Crippen molar-refractivity contribution in [3.05, 3.63) is 29.8 Å². The first-order valence-corrected chi connectivity index (χ1v) is 6.38. The smallest absolute Gasteiger partial charge is 0.371 e. The number of hydrogen-bond donors (Lipinski definition) is 0. The highest BCUT2D eigenvalue weighted by Crippen LogP contribution is 2.30. The SMILES string of the molecule is O=S(=O)(OCC1CO1)c1ccc(C(F)(F)F)cc1. The van der Waals surface area contributed by atoms with Crippen LogP contribution in [0.1, 0.15) is 5.56 Å². The predicted molar refractivity (Wildman–Crippen MR) is 54.3 cm³/mol. The van der Waals surface area contributed by atoms with Crippen LogP contribution in [0.5, 0.6) is 0 Å². The quantitative estimate of drug-likeness (QED) is 0.624. The number of epoxide rings is 1. The molecule has 0 amide bonds. The summed E-state index contributed by atoms with van der Waals surface area (Å²) in [5, 5.41) is 0. The van der Waals surface area contributed by atoms with Crippen LogP contribution in [0.3, 0.4) is 0 Å². The monoisotopic (exact) mass is 282 g/mol. The van der Waals surface area contributed by atoms with E-state index in [9.17, 15) is 21.6 Å². The van der Waals surface area contributed by atoms with Gasteiger partial charge in [-0.1, -0.05) is 0 Å². The number of alkyl halides is 3. The Morgan fingerprint density at radius 3 is 2.28 bits per heavy atom. The molecular weight excluding hydrogens is 273 g/mol. The molecule has 1 aromatic carbocycles. The van der Waals surface area contributed by atoms with E-state index in [1.54, 1.807) is 0 Å². The highest BCUT2D eigenvalue weighted by molar-refractivity contribution is 7.86. The standard InChI is InChI=1S/C10H9F3O4S/c11-10(12,13)7-1-3-9(4-2-7)18(14,15)17-6-8-5-16-8/h1-4,8H,5-6H2. The second-order valence-corrected chi connectivity index (χ2v) is 5.33. The number of ether oxygens (including phenoxy) is 1. The van der Waals surface area contributed by atoms with Crippen molar-refractivity contribution < 1.29 is 30.5 Å². The van der Waals surface area contributed by atoms with Gasteiger partial charge in [-0.2, -0.15) is 21.6 Å². The molecule has 0 aromatic heterocycles. The van der Waals surface area contributed by atoms with Crippen LogP contribution in [-0.2, 0) is 25.2 Å². The van der Waals surface area contributed by atoms with Crippen molar-refractivity contribution in [2.45, 2.75) is 17.2 Å². The van der Waals surface area contributed by atoms with Crippen molar-refractivity contribution in [2.75, 3.05) is 13.2 Å². The Balaban J connectivity index is 2.12. The van der Waals surface area contributed by atoms with Gasteiger partial charge in [-0.15, -0.1) is 0 Å². The van der Waals surface area contributed by atoms with E-state index in [1.165, 1.54) is 0 Å². The van der Waals surface area contributed by atoms with Crippen LogP contribution in [0.25, 0.3) is 0 Å². The van der Waals surface area contributed by atoms with E-state index in [4.69, 9.17) is 4.74 Å². The van der Waals surface area contributed by atoms with Crippen molar-refractivity contribution in [1.29, 1.82) is 0 Å². The summed E-state index contributed by atoms with van der Waals surface area (Å²) < 4.78 is 69.4. The second kappa shape index (κ2) is 4.52. The first kappa shape index (κ1) is 13.3. The van der Waals surface area contributed by atoms with Crippen molar-refractivity contribution in [1.82, 2.24) is 0 Å². The molecule has 4 nitrogen and oxygen atoms in total. The van der Waals surface area contributed by atoms with E-state index >= 15 is 0 Å². The van der Waals surface area contributed by atoms with Gasteiger partial charge < -0.3 is 4.74 Å². The van der Waals surface area contributed by atoms with Crippen molar-refractivity contribution in [3.63, 3.8) is 0 Å². The first-order valence-electron chi connectivity index (χ1n) is 4.97. The Morgan fingerprint density at radius 2 is 1.83 bits per heavy atom. The molecule has 1 fully saturated rings. The zero-order valence-corrected chi connectivity index (χ0v) is 9.79. The molecule has 18 heavy (non-hydrogen) atoms. The molecule has 0 radical (unpaired) electrons. The lowest BCUT2D eigenvalue weighted by Crippen LogP contribution is -2.11. The summed E-state index contributed by atoms with van der Waals surface area (Å²) >= 11 is 0. The largest absolute Gasteiger partial charge is 0.416 e. The van der Waals surface area contributed by atoms with E-state index in [0.29, 0.717) is 18.7 Å². The molecule has 0 spiro atoms. The van der Waals surface area contributed by atoms with E-state index in [0.717, 1.165) is 12.1 Å². The van der Waals surface area contributed by atoms with E-state index in [2.05, 4.69) is 4.18 Å². The maximum atomic E-state index is 12.3. The van der Waals surface area contributed by atoms with Crippen molar-refractivity contribution >= 4 is 10.1 Å². The Kier molecular flexibility index (Phi) is 3.35. The Hall–Kier alpha value is -1.12. The molecule has 0 aliphatic carbocycles. The van der Waals surface area contributed by atoms with Crippen molar-refractivity contribution in [2.24, 2.45) is 0 Å². The predicted octanol–water partition coefficient (Wildman–Crippen LogP) is 1.81. The van der Waals surface area contributed by atoms with Gasteiger partial charge in [0, 0.05) is 0 Å². The average Bonchev–Trinajstić information content (AvgIpc) is 3.09. The lowest BCUT2D eigenvalue weighted by molar-refractivity contribution is -0.137. The molecule has 0 bridgehead atoms. The van der Waals surface area contributed by atoms with Gasteiger partial charge in [0.2, 0.25) is 0 Å². The molecule has 0 saturated carbocycles. The van der Waals surface area contributed by atoms with Crippen LogP contribution in [0, 0.1) is 0 Å². The Labute approximate surface area is 101 Å². The molecule has 2 rings (SSSR count). The summed E-state index contributed by atoms with van der Waals surface area (Å²) in [4.78, 5) is -0.309. The summed E-state index contributed by atoms with van der Waals surface area (Å²) in [7, 11) is -4.02. The summed E-state index contributed by atoms with van der Waals surface area (Å²) in [6.45, 7) is 0.311. The van der Waals surface area contributed by atoms with Crippen LogP contribution in [0.4, 0.5) is 13.2 Å². The van der Waals surface area contributed by atoms with E-state index < -0.39 is 21.9 Å². The number of benzene rings is 1. The zero-order chi connectivity index (χ0) is 13.4. The van der Waals surface area contributed by atoms with Crippen LogP contribution in [0.15, 0.2) is 29.2 Å². The minimum absolute atomic E-state index is 0.122. The first-order chi connectivity index (χ1) is 8.29. The fourth-order valence-electron chi connectivity index (χ4n) is 1.21. The molecule has 1 heterocycles. The van der Waals surface area contributed by atoms with E-state index in [-0.39, 0.29) is 17.6 Å². The normalized spacial score (nSPS) is 19.8. The molecule has 1 atom stereocenters. The summed E-state index contributed by atoms with van der Waals surface area (Å²) in [6.07, 6.45) is -4.74. The number of hydrogen-bond acceptors (Lipinski definition) is 4. The minimum Gasteiger partial charge on any atom is -0.371 e. The number of halogens is 3. The highest BCUT2D eigenvalue weighted by atomic mass is 32.2. The average molecular weight is 282 g/mol. The Morgan fingerprint density at radius 1 is 1.28 bits per heavy atom. The third-order valence-corrected chi connectivity index (χ3v) is 3.58. The topological polar surface area (TPSA) is 55.9 Å². The highest BCUT2D eigenvalue weighted by Gasteiger charge is 2.31. The van der Waals surface area contributed by atoms with Gasteiger partial charge in [0.25, 0.3) is 10.1 Å². The molecule has 1 aliphatic heterocycles. The van der Waals surface area contributed by atoms with Gasteiger partial charge >= 0.3 is 6.18 Å². The summed E-state index contributed by atoms with van der Waals surface area (Å²) in [5.74, 6) is 0. The summed E-state index contributed by atoms with van der Waals surface area (Å²) in [5.41, 5.74) is -0.910. The maximum absolute atomic E-state index is 12.3. The minimum atomic E-state index is -4.50. The molecule has 100 valence electrons. The van der Waals surface area contributed by atoms with Crippen LogP contribution >= 0.6 is 0 Å². The van der Waals surface area contributed by atoms with Gasteiger partial charge in [-0.05, 0) is 24.3 Å². The fourth-order valence-corrected chi connectivity index (χ4v) is 2.14. The van der Waals surface area contributed by atoms with Crippen LogP contribution in [0.2, 0.25) is 0 Å². The van der Waals surface area contributed by atoms with Crippen molar-refractivity contribution in [3.8, 4) is 0 Å². The molecule has 1 unspecified atom stereocenters. The fraction of sp³-hybridized carbons (Fsp3) is 0.400. The molecule has 1 saturated heterocycles. The van der Waals surface area contributed by atoms with E-state index in [1.807, 2.05) is 0 Å². The molecule has 1 aromatic rings. The third-order valence-electron chi connectivity index (χ3n) is 2.28. The third kappa shape index (κ3) is 3.21.